The fourth-order valence-corrected chi connectivity index (χ4v) is 6.20. The van der Waals surface area contributed by atoms with Gasteiger partial charge in [-0.3, -0.25) is 9.69 Å². The van der Waals surface area contributed by atoms with Crippen LogP contribution in [0.2, 0.25) is 10.0 Å². The van der Waals surface area contributed by atoms with Gasteiger partial charge in [0.25, 0.3) is 0 Å². The molecule has 0 unspecified atom stereocenters. The van der Waals surface area contributed by atoms with Gasteiger partial charge < -0.3 is 0 Å². The number of hydrogen-bond acceptors (Lipinski definition) is 5. The quantitative estimate of drug-likeness (QED) is 0.287. The number of anilines is 1. The fraction of sp³-hybridized carbons (Fsp3) is 0.167. The van der Waals surface area contributed by atoms with E-state index in [1.807, 2.05) is 49.4 Å². The Balaban J connectivity index is 1.62. The zero-order valence-corrected chi connectivity index (χ0v) is 20.8. The number of benzene rings is 3. The monoisotopic (exact) mass is 518 g/mol. The van der Waals surface area contributed by atoms with Gasteiger partial charge >= 0.3 is 0 Å². The van der Waals surface area contributed by atoms with Crippen molar-refractivity contribution in [2.24, 2.45) is 0 Å². The Morgan fingerprint density at radius 3 is 2.39 bits per heavy atom. The van der Waals surface area contributed by atoms with Crippen molar-refractivity contribution >= 4 is 65.6 Å². The molecule has 0 spiro atoms. The molecular formula is C24H20Cl2N2O3S2. The first-order chi connectivity index (χ1) is 15.7. The molecule has 0 aliphatic heterocycles. The average Bonchev–Trinajstić information content (AvgIpc) is 3.21. The van der Waals surface area contributed by atoms with Crippen LogP contribution in [0.5, 0.6) is 0 Å². The van der Waals surface area contributed by atoms with Gasteiger partial charge in [-0.05, 0) is 54.4 Å². The van der Waals surface area contributed by atoms with E-state index in [9.17, 15) is 13.2 Å². The van der Waals surface area contributed by atoms with Crippen LogP contribution in [0, 0.1) is 6.92 Å². The minimum absolute atomic E-state index is 0.138. The maximum absolute atomic E-state index is 13.3. The van der Waals surface area contributed by atoms with Gasteiger partial charge in [0.15, 0.2) is 15.0 Å². The van der Waals surface area contributed by atoms with Crippen LogP contribution >= 0.6 is 34.5 Å². The zero-order chi connectivity index (χ0) is 23.6. The maximum atomic E-state index is 13.3. The highest BCUT2D eigenvalue weighted by Crippen LogP contribution is 2.34. The first-order valence-electron chi connectivity index (χ1n) is 10.1. The summed E-state index contributed by atoms with van der Waals surface area (Å²) in [4.78, 5) is 19.7. The molecule has 0 N–H and O–H groups in total. The summed E-state index contributed by atoms with van der Waals surface area (Å²) in [6.07, 6.45) is -0.173. The number of carbonyl (C=O) groups excluding carboxylic acids is 1. The molecule has 5 nitrogen and oxygen atoms in total. The third kappa shape index (κ3) is 5.55. The number of hydrogen-bond donors (Lipinski definition) is 0. The van der Waals surface area contributed by atoms with Gasteiger partial charge in [-0.2, -0.15) is 0 Å². The SMILES string of the molecule is Cc1cc(Cl)cc2sc(N(Cc3ccccc3)C(=O)CCS(=O)(=O)c3ccc(Cl)cc3)nc12. The minimum atomic E-state index is -3.64. The number of thiazole rings is 1. The van der Waals surface area contributed by atoms with Crippen LogP contribution < -0.4 is 4.90 Å². The summed E-state index contributed by atoms with van der Waals surface area (Å²) >= 11 is 13.4. The molecule has 170 valence electrons. The number of aryl methyl sites for hydroxylation is 1. The highest BCUT2D eigenvalue weighted by atomic mass is 35.5. The second-order valence-electron chi connectivity index (χ2n) is 7.55. The molecular weight excluding hydrogens is 499 g/mol. The first-order valence-corrected chi connectivity index (χ1v) is 13.3. The van der Waals surface area contributed by atoms with E-state index in [1.54, 1.807) is 4.90 Å². The van der Waals surface area contributed by atoms with E-state index in [0.29, 0.717) is 15.2 Å². The van der Waals surface area contributed by atoms with Crippen LogP contribution in [0.15, 0.2) is 71.6 Å². The molecule has 9 heteroatoms. The number of fused-ring (bicyclic) bond motifs is 1. The highest BCUT2D eigenvalue weighted by Gasteiger charge is 2.24. The van der Waals surface area contributed by atoms with E-state index >= 15 is 0 Å². The summed E-state index contributed by atoms with van der Waals surface area (Å²) in [5.74, 6) is -0.631. The Morgan fingerprint density at radius 2 is 1.70 bits per heavy atom. The predicted molar refractivity (Wildman–Crippen MR) is 135 cm³/mol. The van der Waals surface area contributed by atoms with Crippen LogP contribution in [0.3, 0.4) is 0 Å². The van der Waals surface area contributed by atoms with E-state index in [-0.39, 0.29) is 29.5 Å². The predicted octanol–water partition coefficient (Wildman–Crippen LogP) is 6.31. The largest absolute Gasteiger partial charge is 0.284 e. The fourth-order valence-electron chi connectivity index (χ4n) is 3.40. The van der Waals surface area contributed by atoms with Gasteiger partial charge in [0.05, 0.1) is 27.4 Å². The minimum Gasteiger partial charge on any atom is -0.284 e. The van der Waals surface area contributed by atoms with E-state index in [2.05, 4.69) is 4.98 Å². The lowest BCUT2D eigenvalue weighted by molar-refractivity contribution is -0.118. The molecule has 1 amide bonds. The maximum Gasteiger partial charge on any atom is 0.230 e. The lowest BCUT2D eigenvalue weighted by atomic mass is 10.2. The molecule has 0 fully saturated rings. The molecule has 0 radical (unpaired) electrons. The van der Waals surface area contributed by atoms with Gasteiger partial charge in [0.1, 0.15) is 0 Å². The summed E-state index contributed by atoms with van der Waals surface area (Å²) < 4.78 is 26.4. The molecule has 0 aliphatic carbocycles. The Morgan fingerprint density at radius 1 is 1.00 bits per heavy atom. The Labute approximate surface area is 206 Å². The van der Waals surface area contributed by atoms with Gasteiger partial charge in [-0.15, -0.1) is 0 Å². The van der Waals surface area contributed by atoms with E-state index in [0.717, 1.165) is 21.3 Å². The van der Waals surface area contributed by atoms with Crippen molar-refractivity contribution in [2.45, 2.75) is 24.8 Å². The normalized spacial score (nSPS) is 11.6. The molecule has 0 saturated carbocycles. The number of sulfone groups is 1. The van der Waals surface area contributed by atoms with Crippen molar-refractivity contribution in [3.8, 4) is 0 Å². The third-order valence-electron chi connectivity index (χ3n) is 5.11. The van der Waals surface area contributed by atoms with E-state index in [1.165, 1.54) is 35.6 Å². The van der Waals surface area contributed by atoms with E-state index in [4.69, 9.17) is 23.2 Å². The van der Waals surface area contributed by atoms with Crippen LogP contribution in [-0.2, 0) is 21.2 Å². The van der Waals surface area contributed by atoms with Crippen molar-refractivity contribution in [3.05, 3.63) is 87.9 Å². The average molecular weight is 519 g/mol. The summed E-state index contributed by atoms with van der Waals surface area (Å²) in [5.41, 5.74) is 2.61. The lowest BCUT2D eigenvalue weighted by Crippen LogP contribution is -2.31. The van der Waals surface area contributed by atoms with Crippen molar-refractivity contribution in [3.63, 3.8) is 0 Å². The molecule has 0 bridgehead atoms. The number of carbonyl (C=O) groups is 1. The molecule has 1 aromatic heterocycles. The zero-order valence-electron chi connectivity index (χ0n) is 17.7. The summed E-state index contributed by atoms with van der Waals surface area (Å²) in [5, 5.41) is 1.56. The first kappa shape index (κ1) is 23.7. The molecule has 0 saturated heterocycles. The van der Waals surface area contributed by atoms with Crippen LogP contribution in [0.1, 0.15) is 17.5 Å². The van der Waals surface area contributed by atoms with Gasteiger partial charge in [0, 0.05) is 16.5 Å². The van der Waals surface area contributed by atoms with Crippen LogP contribution in [0.4, 0.5) is 5.13 Å². The van der Waals surface area contributed by atoms with Gasteiger partial charge in [-0.1, -0.05) is 64.9 Å². The molecule has 1 heterocycles. The number of nitrogens with zero attached hydrogens (tertiary/aromatic N) is 2. The van der Waals surface area contributed by atoms with Crippen molar-refractivity contribution in [2.75, 3.05) is 10.7 Å². The standard InChI is InChI=1S/C24H20Cl2N2O3S2/c1-16-13-19(26)14-21-23(16)27-24(32-21)28(15-17-5-3-2-4-6-17)22(29)11-12-33(30,31)20-9-7-18(25)8-10-20/h2-10,13-14H,11-12,15H2,1H3. The molecule has 4 aromatic rings. The summed E-state index contributed by atoms with van der Waals surface area (Å²) in [7, 11) is -3.64. The van der Waals surface area contributed by atoms with Gasteiger partial charge in [-0.25, -0.2) is 13.4 Å². The second-order valence-corrected chi connectivity index (χ2v) is 11.5. The molecule has 3 aromatic carbocycles. The van der Waals surface area contributed by atoms with Crippen molar-refractivity contribution in [1.82, 2.24) is 4.98 Å². The Hall–Kier alpha value is -2.45. The summed E-state index contributed by atoms with van der Waals surface area (Å²) in [6, 6.07) is 19.1. The number of halogens is 2. The van der Waals surface area contributed by atoms with Crippen molar-refractivity contribution in [1.29, 1.82) is 0 Å². The van der Waals surface area contributed by atoms with Crippen molar-refractivity contribution < 1.29 is 13.2 Å². The Kier molecular flexibility index (Phi) is 7.05. The van der Waals surface area contributed by atoms with Gasteiger partial charge in [0.2, 0.25) is 5.91 Å². The molecule has 33 heavy (non-hydrogen) atoms. The molecule has 0 atom stereocenters. The third-order valence-corrected chi connectivity index (χ3v) is 8.34. The van der Waals surface area contributed by atoms with Crippen LogP contribution in [-0.4, -0.2) is 25.1 Å². The second kappa shape index (κ2) is 9.81. The lowest BCUT2D eigenvalue weighted by Gasteiger charge is -2.20. The Bertz CT molecular complexity index is 1400. The summed E-state index contributed by atoms with van der Waals surface area (Å²) in [6.45, 7) is 2.20. The number of rotatable bonds is 7. The van der Waals surface area contributed by atoms with Crippen LogP contribution in [0.25, 0.3) is 10.2 Å². The highest BCUT2D eigenvalue weighted by molar-refractivity contribution is 7.91. The molecule has 4 rings (SSSR count). The number of amides is 1. The number of aromatic nitrogens is 1. The smallest absolute Gasteiger partial charge is 0.230 e. The molecule has 0 aliphatic rings. The van der Waals surface area contributed by atoms with E-state index < -0.39 is 9.84 Å². The topological polar surface area (TPSA) is 67.3 Å².